The monoisotopic (exact) mass is 570 g/mol. The third-order valence-electron chi connectivity index (χ3n) is 7.58. The van der Waals surface area contributed by atoms with Crippen LogP contribution >= 0.6 is 22.6 Å². The predicted octanol–water partition coefficient (Wildman–Crippen LogP) is 5.16. The average Bonchev–Trinajstić information content (AvgIpc) is 3.09. The maximum Gasteiger partial charge on any atom is 0.410 e. The van der Waals surface area contributed by atoms with Crippen LogP contribution in [0.2, 0.25) is 0 Å². The van der Waals surface area contributed by atoms with Crippen LogP contribution in [-0.2, 0) is 22.5 Å². The predicted molar refractivity (Wildman–Crippen MR) is 136 cm³/mol. The van der Waals surface area contributed by atoms with Crippen molar-refractivity contribution >= 4 is 34.6 Å². The molecule has 2 amide bonds. The Labute approximate surface area is 211 Å². The van der Waals surface area contributed by atoms with Crippen molar-refractivity contribution < 1.29 is 14.3 Å². The number of carbonyl (C=O) groups excluding carboxylic acids is 2. The highest BCUT2D eigenvalue weighted by Gasteiger charge is 2.32. The minimum atomic E-state index is -0.425. The first-order valence-corrected chi connectivity index (χ1v) is 13.7. The first-order valence-electron chi connectivity index (χ1n) is 12.6. The lowest BCUT2D eigenvalue weighted by Gasteiger charge is -2.36. The molecule has 7 nitrogen and oxygen atoms in total. The second kappa shape index (κ2) is 10.1. The Morgan fingerprint density at radius 3 is 2.24 bits per heavy atom. The first kappa shape index (κ1) is 24.8. The van der Waals surface area contributed by atoms with Gasteiger partial charge >= 0.3 is 6.09 Å². The van der Waals surface area contributed by atoms with Gasteiger partial charge in [0, 0.05) is 44.2 Å². The summed E-state index contributed by atoms with van der Waals surface area (Å²) in [6.07, 6.45) is 9.16. The van der Waals surface area contributed by atoms with Crippen LogP contribution in [0.3, 0.4) is 0 Å². The van der Waals surface area contributed by atoms with Gasteiger partial charge in [0.2, 0.25) is 5.91 Å². The number of rotatable bonds is 3. The molecule has 1 aromatic rings. The van der Waals surface area contributed by atoms with E-state index in [0.29, 0.717) is 12.6 Å². The number of carbonyl (C=O) groups is 2. The molecule has 0 atom stereocenters. The molecule has 0 N–H and O–H groups in total. The highest BCUT2D eigenvalue weighted by atomic mass is 127. The van der Waals surface area contributed by atoms with E-state index in [4.69, 9.17) is 9.84 Å². The molecule has 0 aromatic carbocycles. The maximum atomic E-state index is 12.3. The summed E-state index contributed by atoms with van der Waals surface area (Å²) < 4.78 is 8.91. The first-order chi connectivity index (χ1) is 15.6. The molecule has 0 radical (unpaired) electrons. The van der Waals surface area contributed by atoms with Gasteiger partial charge in [-0.05, 0) is 100 Å². The fourth-order valence-corrected chi connectivity index (χ4v) is 6.46. The van der Waals surface area contributed by atoms with E-state index in [9.17, 15) is 9.59 Å². The summed E-state index contributed by atoms with van der Waals surface area (Å²) in [6.45, 7) is 10.6. The van der Waals surface area contributed by atoms with E-state index in [2.05, 4.69) is 27.3 Å². The number of ether oxygens (including phenoxy) is 1. The second-order valence-electron chi connectivity index (χ2n) is 11.2. The van der Waals surface area contributed by atoms with Gasteiger partial charge in [-0.25, -0.2) is 4.79 Å². The van der Waals surface area contributed by atoms with Gasteiger partial charge in [0.05, 0.1) is 12.6 Å². The largest absolute Gasteiger partial charge is 0.444 e. The summed E-state index contributed by atoms with van der Waals surface area (Å²) in [5, 5.41) is 4.92. The molecule has 33 heavy (non-hydrogen) atoms. The fourth-order valence-electron chi connectivity index (χ4n) is 5.75. The van der Waals surface area contributed by atoms with Crippen molar-refractivity contribution in [3.05, 3.63) is 15.0 Å². The van der Waals surface area contributed by atoms with E-state index < -0.39 is 5.60 Å². The van der Waals surface area contributed by atoms with Crippen LogP contribution in [0.25, 0.3) is 0 Å². The Hall–Kier alpha value is -1.32. The summed E-state index contributed by atoms with van der Waals surface area (Å²) in [5.74, 6) is 1.67. The quantitative estimate of drug-likeness (QED) is 0.471. The molecule has 1 aromatic heterocycles. The second-order valence-corrected chi connectivity index (χ2v) is 12.2. The molecule has 1 aliphatic carbocycles. The van der Waals surface area contributed by atoms with E-state index in [-0.39, 0.29) is 12.0 Å². The van der Waals surface area contributed by atoms with E-state index in [1.54, 1.807) is 6.92 Å². The number of hydrogen-bond acceptors (Lipinski definition) is 4. The number of nitrogens with zero attached hydrogens (tertiary/aromatic N) is 4. The Morgan fingerprint density at radius 1 is 1.00 bits per heavy atom. The Bertz CT molecular complexity index is 862. The summed E-state index contributed by atoms with van der Waals surface area (Å²) in [5.41, 5.74) is 2.19. The van der Waals surface area contributed by atoms with Gasteiger partial charge in [-0.1, -0.05) is 0 Å². The van der Waals surface area contributed by atoms with Crippen LogP contribution in [0, 0.1) is 15.5 Å². The number of piperidine rings is 1. The molecule has 4 rings (SSSR count). The van der Waals surface area contributed by atoms with Crippen molar-refractivity contribution in [2.45, 2.75) is 97.2 Å². The molecule has 0 spiro atoms. The molecule has 184 valence electrons. The normalized spacial score (nSPS) is 24.5. The molecule has 3 aliphatic rings. The van der Waals surface area contributed by atoms with E-state index in [1.165, 1.54) is 43.4 Å². The number of aromatic nitrogens is 2. The number of fused-ring (bicyclic) bond motifs is 1. The molecule has 8 heteroatoms. The fraction of sp³-hybridized carbons (Fsp3) is 0.800. The highest BCUT2D eigenvalue weighted by Crippen LogP contribution is 2.39. The van der Waals surface area contributed by atoms with Crippen molar-refractivity contribution in [1.29, 1.82) is 0 Å². The number of amides is 2. The average molecular weight is 571 g/mol. The van der Waals surface area contributed by atoms with Crippen LogP contribution in [0.4, 0.5) is 4.79 Å². The molecule has 0 bridgehead atoms. The van der Waals surface area contributed by atoms with Crippen molar-refractivity contribution in [2.75, 3.05) is 19.6 Å². The lowest BCUT2D eigenvalue weighted by Crippen LogP contribution is -2.42. The van der Waals surface area contributed by atoms with Gasteiger partial charge in [-0.15, -0.1) is 0 Å². The summed E-state index contributed by atoms with van der Waals surface area (Å²) >= 11 is 2.34. The van der Waals surface area contributed by atoms with Crippen molar-refractivity contribution in [2.24, 2.45) is 11.8 Å². The van der Waals surface area contributed by atoms with Crippen LogP contribution < -0.4 is 0 Å². The van der Waals surface area contributed by atoms with Gasteiger partial charge in [0.25, 0.3) is 0 Å². The maximum absolute atomic E-state index is 12.3. The zero-order chi connectivity index (χ0) is 23.8. The number of hydrogen-bond donors (Lipinski definition) is 0. The SMILES string of the molecule is CC(=O)N1CCc2c(c(I)nn2C2CCC(CC3CCN(C(=O)OC(C)(C)C)CC3)CC2)C1. The number of halogens is 1. The lowest BCUT2D eigenvalue weighted by atomic mass is 9.78. The van der Waals surface area contributed by atoms with Gasteiger partial charge in [0.15, 0.2) is 0 Å². The molecular weight excluding hydrogens is 531 g/mol. The van der Waals surface area contributed by atoms with Crippen LogP contribution in [0.15, 0.2) is 0 Å². The Balaban J connectivity index is 1.25. The third-order valence-corrected chi connectivity index (χ3v) is 8.44. The van der Waals surface area contributed by atoms with Gasteiger partial charge in [-0.2, -0.15) is 5.10 Å². The molecule has 2 aliphatic heterocycles. The van der Waals surface area contributed by atoms with Crippen LogP contribution in [-0.4, -0.2) is 56.8 Å². The lowest BCUT2D eigenvalue weighted by molar-refractivity contribution is -0.129. The van der Waals surface area contributed by atoms with E-state index in [1.807, 2.05) is 30.6 Å². The molecule has 2 fully saturated rings. The molecule has 0 unspecified atom stereocenters. The molecule has 3 heterocycles. The standard InChI is InChI=1S/C25H39IN4O3/c1-17(31)29-14-11-22-21(16-29)23(26)27-30(22)20-7-5-18(6-8-20)15-19-9-12-28(13-10-19)24(32)33-25(2,3)4/h18-20H,5-16H2,1-4H3. The molecular formula is C25H39IN4O3. The Morgan fingerprint density at radius 2 is 1.64 bits per heavy atom. The smallest absolute Gasteiger partial charge is 0.410 e. The minimum Gasteiger partial charge on any atom is -0.444 e. The zero-order valence-corrected chi connectivity index (χ0v) is 22.8. The minimum absolute atomic E-state index is 0.154. The number of likely N-dealkylation sites (tertiary alicyclic amines) is 1. The van der Waals surface area contributed by atoms with E-state index in [0.717, 1.165) is 54.4 Å². The van der Waals surface area contributed by atoms with Crippen LogP contribution in [0.1, 0.15) is 89.9 Å². The molecule has 1 saturated carbocycles. The van der Waals surface area contributed by atoms with Crippen molar-refractivity contribution in [3.63, 3.8) is 0 Å². The third kappa shape index (κ3) is 6.03. The zero-order valence-electron chi connectivity index (χ0n) is 20.6. The topological polar surface area (TPSA) is 67.7 Å². The van der Waals surface area contributed by atoms with Crippen molar-refractivity contribution in [3.8, 4) is 0 Å². The molecule has 1 saturated heterocycles. The van der Waals surface area contributed by atoms with Gasteiger partial charge < -0.3 is 14.5 Å². The summed E-state index contributed by atoms with van der Waals surface area (Å²) in [4.78, 5) is 27.9. The van der Waals surface area contributed by atoms with Gasteiger partial charge in [-0.3, -0.25) is 9.48 Å². The Kier molecular flexibility index (Phi) is 7.60. The van der Waals surface area contributed by atoms with Crippen LogP contribution in [0.5, 0.6) is 0 Å². The van der Waals surface area contributed by atoms with Gasteiger partial charge in [0.1, 0.15) is 9.30 Å². The summed E-state index contributed by atoms with van der Waals surface area (Å²) in [7, 11) is 0. The summed E-state index contributed by atoms with van der Waals surface area (Å²) in [6, 6.07) is 0.497. The highest BCUT2D eigenvalue weighted by molar-refractivity contribution is 14.1. The van der Waals surface area contributed by atoms with E-state index >= 15 is 0 Å². The van der Waals surface area contributed by atoms with Crippen molar-refractivity contribution in [1.82, 2.24) is 19.6 Å².